The zero-order valence-electron chi connectivity index (χ0n) is 11.0. The topological polar surface area (TPSA) is 90.3 Å². The third kappa shape index (κ3) is 2.98. The Hall–Kier alpha value is -1.34. The highest BCUT2D eigenvalue weighted by Crippen LogP contribution is 2.21. The Morgan fingerprint density at radius 1 is 1.37 bits per heavy atom. The summed E-state index contributed by atoms with van der Waals surface area (Å²) in [6, 6.07) is -1.24. The van der Waals surface area contributed by atoms with E-state index in [0.29, 0.717) is 19.7 Å². The first-order chi connectivity index (χ1) is 9.02. The van der Waals surface area contributed by atoms with Gasteiger partial charge in [-0.2, -0.15) is 0 Å². The van der Waals surface area contributed by atoms with Crippen LogP contribution in [0.15, 0.2) is 0 Å². The third-order valence-corrected chi connectivity index (χ3v) is 3.67. The van der Waals surface area contributed by atoms with Crippen LogP contribution >= 0.6 is 0 Å². The molecule has 7 nitrogen and oxygen atoms in total. The molecule has 0 aromatic heterocycles. The summed E-state index contributed by atoms with van der Waals surface area (Å²) in [6.45, 7) is 3.49. The number of nitrogens with zero attached hydrogens (tertiary/aromatic N) is 2. The molecule has 0 radical (unpaired) electrons. The van der Waals surface area contributed by atoms with Crippen molar-refractivity contribution in [2.75, 3.05) is 26.2 Å². The first-order valence-corrected chi connectivity index (χ1v) is 6.61. The normalized spacial score (nSPS) is 31.6. The number of hydrogen-bond donors (Lipinski definition) is 2. The van der Waals surface area contributed by atoms with Gasteiger partial charge in [0.1, 0.15) is 6.04 Å². The lowest BCUT2D eigenvalue weighted by molar-refractivity contribution is -0.141. The molecule has 2 rings (SSSR count). The first kappa shape index (κ1) is 14.1. The van der Waals surface area contributed by atoms with Gasteiger partial charge >= 0.3 is 12.0 Å². The Kier molecular flexibility index (Phi) is 4.26. The van der Waals surface area contributed by atoms with E-state index in [1.54, 1.807) is 4.90 Å². The maximum Gasteiger partial charge on any atom is 0.326 e. The lowest BCUT2D eigenvalue weighted by atomic mass is 10.2. The molecule has 2 N–H and O–H groups in total. The van der Waals surface area contributed by atoms with Crippen molar-refractivity contribution in [1.82, 2.24) is 9.80 Å². The molecule has 2 amide bonds. The molecule has 0 aliphatic carbocycles. The Bertz CT molecular complexity index is 362. The number of aliphatic hydroxyl groups is 1. The molecule has 0 aromatic rings. The maximum absolute atomic E-state index is 12.3. The Labute approximate surface area is 111 Å². The lowest BCUT2D eigenvalue weighted by Crippen LogP contribution is -2.53. The average molecular weight is 272 g/mol. The fraction of sp³-hybridized carbons (Fsp3) is 0.833. The molecular formula is C12H20N2O5. The van der Waals surface area contributed by atoms with Gasteiger partial charge in [0.25, 0.3) is 0 Å². The van der Waals surface area contributed by atoms with Crippen LogP contribution in [0, 0.1) is 0 Å². The van der Waals surface area contributed by atoms with E-state index in [9.17, 15) is 14.7 Å². The van der Waals surface area contributed by atoms with Crippen LogP contribution in [0.25, 0.3) is 0 Å². The number of carbonyl (C=O) groups excluding carboxylic acids is 1. The van der Waals surface area contributed by atoms with Crippen molar-refractivity contribution in [2.24, 2.45) is 0 Å². The van der Waals surface area contributed by atoms with Gasteiger partial charge in [0.2, 0.25) is 0 Å². The van der Waals surface area contributed by atoms with Crippen LogP contribution in [-0.2, 0) is 9.53 Å². The molecule has 0 aromatic carbocycles. The third-order valence-electron chi connectivity index (χ3n) is 3.67. The fourth-order valence-electron chi connectivity index (χ4n) is 2.58. The van der Waals surface area contributed by atoms with Crippen LogP contribution < -0.4 is 0 Å². The number of amides is 2. The highest BCUT2D eigenvalue weighted by molar-refractivity contribution is 5.83. The smallest absolute Gasteiger partial charge is 0.326 e. The molecule has 2 fully saturated rings. The zero-order chi connectivity index (χ0) is 14.0. The minimum atomic E-state index is -1.06. The molecule has 19 heavy (non-hydrogen) atoms. The van der Waals surface area contributed by atoms with Crippen molar-refractivity contribution < 1.29 is 24.5 Å². The number of aliphatic carboxylic acids is 1. The second-order valence-electron chi connectivity index (χ2n) is 5.03. The molecule has 1 unspecified atom stereocenters. The summed E-state index contributed by atoms with van der Waals surface area (Å²) in [5, 5.41) is 18.7. The highest BCUT2D eigenvalue weighted by atomic mass is 16.5. The van der Waals surface area contributed by atoms with Crippen LogP contribution in [0.5, 0.6) is 0 Å². The monoisotopic (exact) mass is 272 g/mol. The number of morpholine rings is 1. The van der Waals surface area contributed by atoms with Gasteiger partial charge in [0, 0.05) is 26.1 Å². The van der Waals surface area contributed by atoms with Crippen molar-refractivity contribution in [1.29, 1.82) is 0 Å². The van der Waals surface area contributed by atoms with Crippen LogP contribution in [0.1, 0.15) is 19.8 Å². The molecule has 2 aliphatic rings. The van der Waals surface area contributed by atoms with Crippen molar-refractivity contribution in [3.63, 3.8) is 0 Å². The number of carboxylic acids is 1. The number of carbonyl (C=O) groups is 2. The molecular weight excluding hydrogens is 252 g/mol. The van der Waals surface area contributed by atoms with Gasteiger partial charge in [0.05, 0.1) is 18.8 Å². The van der Waals surface area contributed by atoms with Crippen molar-refractivity contribution in [3.8, 4) is 0 Å². The highest BCUT2D eigenvalue weighted by Gasteiger charge is 2.41. The van der Waals surface area contributed by atoms with Crippen molar-refractivity contribution in [3.05, 3.63) is 0 Å². The Morgan fingerprint density at radius 2 is 2.11 bits per heavy atom. The molecule has 0 bridgehead atoms. The average Bonchev–Trinajstić information content (AvgIpc) is 2.80. The number of β-amino-alcohol motifs (C(OH)–C–C–N with tert-alkyl or cyclic N) is 1. The van der Waals surface area contributed by atoms with Gasteiger partial charge in [-0.15, -0.1) is 0 Å². The Morgan fingerprint density at radius 3 is 2.74 bits per heavy atom. The molecule has 0 spiro atoms. The van der Waals surface area contributed by atoms with E-state index in [-0.39, 0.29) is 25.1 Å². The maximum atomic E-state index is 12.3. The van der Waals surface area contributed by atoms with E-state index in [1.165, 1.54) is 4.90 Å². The van der Waals surface area contributed by atoms with E-state index in [0.717, 1.165) is 6.42 Å². The van der Waals surface area contributed by atoms with Crippen LogP contribution in [-0.4, -0.2) is 76.5 Å². The zero-order valence-corrected chi connectivity index (χ0v) is 11.0. The lowest BCUT2D eigenvalue weighted by Gasteiger charge is -2.36. The van der Waals surface area contributed by atoms with Crippen LogP contribution in [0.2, 0.25) is 0 Å². The first-order valence-electron chi connectivity index (χ1n) is 6.61. The molecule has 2 saturated heterocycles. The number of hydrogen-bond acceptors (Lipinski definition) is 4. The number of ether oxygens (including phenoxy) is 1. The summed E-state index contributed by atoms with van der Waals surface area (Å²) in [6.07, 6.45) is 0.166. The predicted molar refractivity (Wildman–Crippen MR) is 65.8 cm³/mol. The molecule has 2 heterocycles. The number of aliphatic hydroxyl groups excluding tert-OH is 1. The number of likely N-dealkylation sites (tertiary alicyclic amines) is 1. The van der Waals surface area contributed by atoms with Gasteiger partial charge in [-0.25, -0.2) is 9.59 Å². The van der Waals surface area contributed by atoms with E-state index >= 15 is 0 Å². The van der Waals surface area contributed by atoms with Gasteiger partial charge in [-0.05, 0) is 6.42 Å². The van der Waals surface area contributed by atoms with Gasteiger partial charge in [-0.3, -0.25) is 0 Å². The molecule has 0 saturated carbocycles. The van der Waals surface area contributed by atoms with E-state index in [4.69, 9.17) is 9.84 Å². The molecule has 3 atom stereocenters. The summed E-state index contributed by atoms with van der Waals surface area (Å²) in [5.41, 5.74) is 0. The summed E-state index contributed by atoms with van der Waals surface area (Å²) < 4.78 is 5.49. The van der Waals surface area contributed by atoms with Gasteiger partial charge in [-0.1, -0.05) is 6.92 Å². The van der Waals surface area contributed by atoms with Crippen LogP contribution in [0.3, 0.4) is 0 Å². The van der Waals surface area contributed by atoms with Crippen LogP contribution in [0.4, 0.5) is 4.79 Å². The summed E-state index contributed by atoms with van der Waals surface area (Å²) in [7, 11) is 0. The Balaban J connectivity index is 2.03. The minimum Gasteiger partial charge on any atom is -0.480 e. The van der Waals surface area contributed by atoms with Crippen molar-refractivity contribution in [2.45, 2.75) is 38.0 Å². The van der Waals surface area contributed by atoms with E-state index in [1.807, 2.05) is 6.92 Å². The van der Waals surface area contributed by atoms with Gasteiger partial charge in [0.15, 0.2) is 0 Å². The predicted octanol–water partition coefficient (Wildman–Crippen LogP) is -0.263. The SMILES string of the molecule is CCC1CN(C(=O)N2C[C@H](O)C[C@H]2C(=O)O)CCO1. The van der Waals surface area contributed by atoms with Gasteiger partial charge < -0.3 is 24.7 Å². The number of rotatable bonds is 2. The minimum absolute atomic E-state index is 0.00787. The van der Waals surface area contributed by atoms with Crippen molar-refractivity contribution >= 4 is 12.0 Å². The summed E-state index contributed by atoms with van der Waals surface area (Å²) >= 11 is 0. The second-order valence-corrected chi connectivity index (χ2v) is 5.03. The summed E-state index contributed by atoms with van der Waals surface area (Å²) in [4.78, 5) is 26.3. The van der Waals surface area contributed by atoms with E-state index in [2.05, 4.69) is 0 Å². The number of carboxylic acid groups (broad SMARTS) is 1. The number of urea groups is 1. The quantitative estimate of drug-likeness (QED) is 0.722. The standard InChI is InChI=1S/C12H20N2O5/c1-2-9-7-13(3-4-19-9)12(18)14-6-8(15)5-10(14)11(16)17/h8-10,15H,2-7H2,1H3,(H,16,17)/t8-,9?,10+/m1/s1. The second kappa shape index (κ2) is 5.75. The summed E-state index contributed by atoms with van der Waals surface area (Å²) in [5.74, 6) is -1.06. The largest absolute Gasteiger partial charge is 0.480 e. The molecule has 2 aliphatic heterocycles. The molecule has 7 heteroatoms. The fourth-order valence-corrected chi connectivity index (χ4v) is 2.58. The van der Waals surface area contributed by atoms with E-state index < -0.39 is 18.1 Å². The molecule has 108 valence electrons.